The van der Waals surface area contributed by atoms with Crippen LogP contribution in [-0.4, -0.2) is 28.7 Å². The summed E-state index contributed by atoms with van der Waals surface area (Å²) in [6.45, 7) is 0.191. The van der Waals surface area contributed by atoms with Gasteiger partial charge in [0.1, 0.15) is 17.7 Å². The maximum atomic E-state index is 13.9. The van der Waals surface area contributed by atoms with Gasteiger partial charge >= 0.3 is 0 Å². The average molecular weight is 385 g/mol. The quantitative estimate of drug-likeness (QED) is 0.881. The van der Waals surface area contributed by atoms with E-state index < -0.39 is 17.7 Å². The van der Waals surface area contributed by atoms with Gasteiger partial charge in [0, 0.05) is 18.0 Å². The lowest BCUT2D eigenvalue weighted by Gasteiger charge is -2.31. The molecule has 28 heavy (non-hydrogen) atoms. The number of ether oxygens (including phenoxy) is 2. The number of hydrazine groups is 1. The minimum atomic E-state index is -0.534. The Hall–Kier alpha value is -3.13. The summed E-state index contributed by atoms with van der Waals surface area (Å²) in [5.74, 6) is 0.166. The maximum Gasteiger partial charge on any atom is 0.251 e. The summed E-state index contributed by atoms with van der Waals surface area (Å²) < 4.78 is 38.1. The molecule has 3 aliphatic rings. The smallest absolute Gasteiger partial charge is 0.251 e. The molecule has 0 saturated carbocycles. The van der Waals surface area contributed by atoms with Gasteiger partial charge in [0.2, 0.25) is 6.79 Å². The van der Waals surface area contributed by atoms with Crippen LogP contribution in [0.25, 0.3) is 0 Å². The topological polar surface area (TPSA) is 54.0 Å². The van der Waals surface area contributed by atoms with Crippen molar-refractivity contribution in [2.45, 2.75) is 25.0 Å². The van der Waals surface area contributed by atoms with E-state index in [4.69, 9.17) is 9.47 Å². The average Bonchev–Trinajstić information content (AvgIpc) is 3.33. The fraction of sp³-hybridized carbons (Fsp3) is 0.250. The van der Waals surface area contributed by atoms with Gasteiger partial charge in [-0.25, -0.2) is 14.2 Å². The summed E-state index contributed by atoms with van der Waals surface area (Å²) in [6, 6.07) is 8.46. The SMILES string of the molecule is O=C1C2CC(c3ccc4c(c3)OCO4)NN2C=CN1Cc1cc(F)ccc1F. The number of fused-ring (bicyclic) bond motifs is 2. The van der Waals surface area contributed by atoms with E-state index in [2.05, 4.69) is 5.43 Å². The second-order valence-corrected chi connectivity index (χ2v) is 6.95. The van der Waals surface area contributed by atoms with Crippen molar-refractivity contribution in [1.29, 1.82) is 0 Å². The molecule has 0 aromatic heterocycles. The van der Waals surface area contributed by atoms with Crippen molar-refractivity contribution in [3.63, 3.8) is 0 Å². The number of hydrogen-bond donors (Lipinski definition) is 1. The molecule has 1 saturated heterocycles. The zero-order valence-corrected chi connectivity index (χ0v) is 14.8. The Kier molecular flexibility index (Phi) is 3.94. The van der Waals surface area contributed by atoms with Crippen molar-refractivity contribution in [2.24, 2.45) is 0 Å². The van der Waals surface area contributed by atoms with E-state index in [1.165, 1.54) is 4.90 Å². The lowest BCUT2D eigenvalue weighted by atomic mass is 10.0. The van der Waals surface area contributed by atoms with Crippen LogP contribution in [0.5, 0.6) is 11.5 Å². The molecule has 0 aliphatic carbocycles. The lowest BCUT2D eigenvalue weighted by molar-refractivity contribution is -0.135. The van der Waals surface area contributed by atoms with E-state index in [0.29, 0.717) is 17.9 Å². The van der Waals surface area contributed by atoms with Gasteiger partial charge < -0.3 is 19.4 Å². The molecule has 1 fully saturated rings. The molecule has 2 unspecified atom stereocenters. The normalized spacial score (nSPS) is 22.7. The van der Waals surface area contributed by atoms with E-state index in [1.54, 1.807) is 17.4 Å². The van der Waals surface area contributed by atoms with Gasteiger partial charge in [0.25, 0.3) is 5.91 Å². The van der Waals surface area contributed by atoms with Gasteiger partial charge in [-0.05, 0) is 42.3 Å². The monoisotopic (exact) mass is 385 g/mol. The van der Waals surface area contributed by atoms with Crippen LogP contribution in [0.4, 0.5) is 8.78 Å². The molecule has 1 amide bonds. The van der Waals surface area contributed by atoms with Crippen LogP contribution >= 0.6 is 0 Å². The third kappa shape index (κ3) is 2.86. The number of hydrogen-bond acceptors (Lipinski definition) is 5. The predicted molar refractivity (Wildman–Crippen MR) is 94.7 cm³/mol. The molecule has 2 aromatic rings. The summed E-state index contributed by atoms with van der Waals surface area (Å²) in [7, 11) is 0. The molecule has 0 spiro atoms. The first-order valence-corrected chi connectivity index (χ1v) is 8.95. The molecular formula is C20H17F2N3O3. The van der Waals surface area contributed by atoms with Crippen LogP contribution in [-0.2, 0) is 11.3 Å². The molecule has 144 valence electrons. The molecule has 0 radical (unpaired) electrons. The summed E-state index contributed by atoms with van der Waals surface area (Å²) >= 11 is 0. The summed E-state index contributed by atoms with van der Waals surface area (Å²) in [4.78, 5) is 14.3. The number of rotatable bonds is 3. The number of carbonyl (C=O) groups excluding carboxylic acids is 1. The standard InChI is InChI=1S/C20H17F2N3O3/c21-14-2-3-15(22)13(7-14)10-24-5-6-25-17(20(24)26)9-16(23-25)12-1-4-18-19(8-12)28-11-27-18/h1-8,16-17,23H,9-11H2. The molecule has 3 heterocycles. The first kappa shape index (κ1) is 17.0. The van der Waals surface area contributed by atoms with Crippen molar-refractivity contribution >= 4 is 5.91 Å². The molecular weight excluding hydrogens is 368 g/mol. The zero-order chi connectivity index (χ0) is 19.3. The second-order valence-electron chi connectivity index (χ2n) is 6.95. The highest BCUT2D eigenvalue weighted by Gasteiger charge is 2.40. The Balaban J connectivity index is 1.33. The Bertz CT molecular complexity index is 981. The van der Waals surface area contributed by atoms with Crippen LogP contribution in [0.1, 0.15) is 23.6 Å². The first-order chi connectivity index (χ1) is 13.6. The van der Waals surface area contributed by atoms with Gasteiger partial charge in [0.15, 0.2) is 11.5 Å². The van der Waals surface area contributed by atoms with E-state index in [1.807, 2.05) is 18.2 Å². The minimum Gasteiger partial charge on any atom is -0.454 e. The second kappa shape index (κ2) is 6.49. The fourth-order valence-corrected chi connectivity index (χ4v) is 3.76. The van der Waals surface area contributed by atoms with Crippen molar-refractivity contribution in [3.8, 4) is 11.5 Å². The number of carbonyl (C=O) groups is 1. The third-order valence-corrected chi connectivity index (χ3v) is 5.22. The molecule has 5 rings (SSSR count). The number of benzene rings is 2. The van der Waals surface area contributed by atoms with Gasteiger partial charge in [-0.3, -0.25) is 4.79 Å². The van der Waals surface area contributed by atoms with E-state index in [9.17, 15) is 13.6 Å². The number of halogens is 2. The van der Waals surface area contributed by atoms with Gasteiger partial charge in [-0.1, -0.05) is 6.07 Å². The van der Waals surface area contributed by atoms with Crippen molar-refractivity contribution in [3.05, 3.63) is 71.6 Å². The van der Waals surface area contributed by atoms with Crippen LogP contribution in [0.15, 0.2) is 48.8 Å². The fourth-order valence-electron chi connectivity index (χ4n) is 3.76. The summed E-state index contributed by atoms with van der Waals surface area (Å²) in [5, 5.41) is 1.76. The van der Waals surface area contributed by atoms with E-state index in [0.717, 1.165) is 23.8 Å². The highest BCUT2D eigenvalue weighted by atomic mass is 19.1. The maximum absolute atomic E-state index is 13.9. The van der Waals surface area contributed by atoms with E-state index >= 15 is 0 Å². The van der Waals surface area contributed by atoms with Gasteiger partial charge in [-0.2, -0.15) is 0 Å². The van der Waals surface area contributed by atoms with Crippen molar-refractivity contribution < 1.29 is 23.0 Å². The molecule has 6 nitrogen and oxygen atoms in total. The molecule has 8 heteroatoms. The third-order valence-electron chi connectivity index (χ3n) is 5.22. The predicted octanol–water partition coefficient (Wildman–Crippen LogP) is 2.83. The van der Waals surface area contributed by atoms with E-state index in [-0.39, 0.29) is 30.9 Å². The Morgan fingerprint density at radius 2 is 1.93 bits per heavy atom. The van der Waals surface area contributed by atoms with Crippen LogP contribution in [0, 0.1) is 11.6 Å². The molecule has 2 aromatic carbocycles. The number of amides is 1. The highest BCUT2D eigenvalue weighted by Crippen LogP contribution is 2.37. The lowest BCUT2D eigenvalue weighted by Crippen LogP contribution is -2.47. The van der Waals surface area contributed by atoms with Crippen molar-refractivity contribution in [2.75, 3.05) is 6.79 Å². The Morgan fingerprint density at radius 3 is 2.82 bits per heavy atom. The largest absolute Gasteiger partial charge is 0.454 e. The summed E-state index contributed by atoms with van der Waals surface area (Å²) in [6.07, 6.45) is 3.87. The molecule has 3 aliphatic heterocycles. The zero-order valence-electron chi connectivity index (χ0n) is 14.8. The minimum absolute atomic E-state index is 0.0159. The molecule has 2 atom stereocenters. The van der Waals surface area contributed by atoms with Crippen molar-refractivity contribution in [1.82, 2.24) is 15.3 Å². The van der Waals surface area contributed by atoms with Gasteiger partial charge in [-0.15, -0.1) is 0 Å². The number of nitrogens with one attached hydrogen (secondary N) is 1. The van der Waals surface area contributed by atoms with Crippen LogP contribution < -0.4 is 14.9 Å². The van der Waals surface area contributed by atoms with Crippen LogP contribution in [0.2, 0.25) is 0 Å². The van der Waals surface area contributed by atoms with Crippen LogP contribution in [0.3, 0.4) is 0 Å². The Morgan fingerprint density at radius 1 is 1.07 bits per heavy atom. The Labute approximate surface area is 159 Å². The molecule has 1 N–H and O–H groups in total. The van der Waals surface area contributed by atoms with Gasteiger partial charge in [0.05, 0.1) is 12.6 Å². The molecule has 0 bridgehead atoms. The summed E-state index contributed by atoms with van der Waals surface area (Å²) in [5.41, 5.74) is 4.44. The highest BCUT2D eigenvalue weighted by molar-refractivity contribution is 5.84. The first-order valence-electron chi connectivity index (χ1n) is 8.95. The number of nitrogens with zero attached hydrogens (tertiary/aromatic N) is 2.